The summed E-state index contributed by atoms with van der Waals surface area (Å²) in [7, 11) is 1.60. The number of rotatable bonds is 6. The molecule has 124 valence electrons. The van der Waals surface area contributed by atoms with Crippen LogP contribution in [0, 0.1) is 11.3 Å². The smallest absolute Gasteiger partial charge is 0.203 e. The van der Waals surface area contributed by atoms with Crippen LogP contribution < -0.4 is 10.2 Å². The van der Waals surface area contributed by atoms with E-state index in [1.54, 1.807) is 13.3 Å². The van der Waals surface area contributed by atoms with Crippen LogP contribution in [0.25, 0.3) is 11.3 Å². The van der Waals surface area contributed by atoms with Crippen LogP contribution in [-0.2, 0) is 6.42 Å². The summed E-state index contributed by atoms with van der Waals surface area (Å²) in [6.07, 6.45) is 2.00. The Labute approximate surface area is 150 Å². The molecule has 2 aromatic carbocycles. The second-order valence-electron chi connectivity index (χ2n) is 5.18. The number of nitriles is 1. The molecule has 0 bridgehead atoms. The third-order valence-corrected chi connectivity index (χ3v) is 4.27. The van der Waals surface area contributed by atoms with Crippen molar-refractivity contribution in [1.29, 1.82) is 5.26 Å². The highest BCUT2D eigenvalue weighted by Gasteiger charge is 2.04. The fourth-order valence-electron chi connectivity index (χ4n) is 2.33. The molecule has 0 unspecified atom stereocenters. The molecule has 0 aliphatic heterocycles. The Kier molecular flexibility index (Phi) is 5.39. The standard InChI is InChI=1S/C19H16N4OS/c1-24-18-8-7-14(11-16(18)9-10-20)12-21-23-19-22-17(13-25-19)15-5-3-2-4-6-15/h2-8,11-13H,9H2,1H3,(H,22,23). The van der Waals surface area contributed by atoms with E-state index in [1.807, 2.05) is 53.9 Å². The maximum atomic E-state index is 8.89. The van der Waals surface area contributed by atoms with Crippen LogP contribution >= 0.6 is 11.3 Å². The van der Waals surface area contributed by atoms with Gasteiger partial charge in [0.25, 0.3) is 0 Å². The van der Waals surface area contributed by atoms with E-state index >= 15 is 0 Å². The molecule has 25 heavy (non-hydrogen) atoms. The first-order chi connectivity index (χ1) is 12.3. The monoisotopic (exact) mass is 348 g/mol. The molecule has 0 fully saturated rings. The predicted octanol–water partition coefficient (Wildman–Crippen LogP) is 4.33. The zero-order valence-corrected chi connectivity index (χ0v) is 14.5. The number of nitrogens with one attached hydrogen (secondary N) is 1. The SMILES string of the molecule is COc1ccc(C=NNc2nc(-c3ccccc3)cs2)cc1CC#N. The third-order valence-electron chi connectivity index (χ3n) is 3.52. The normalized spacial score (nSPS) is 10.6. The van der Waals surface area contributed by atoms with Crippen LogP contribution in [0.5, 0.6) is 5.75 Å². The third kappa shape index (κ3) is 4.22. The van der Waals surface area contributed by atoms with Gasteiger partial charge in [-0.15, -0.1) is 11.3 Å². The molecule has 0 atom stereocenters. The van der Waals surface area contributed by atoms with Crippen molar-refractivity contribution in [1.82, 2.24) is 4.98 Å². The minimum atomic E-state index is 0.297. The second kappa shape index (κ2) is 8.08. The summed E-state index contributed by atoms with van der Waals surface area (Å²) in [6, 6.07) is 17.8. The van der Waals surface area contributed by atoms with Gasteiger partial charge in [-0.05, 0) is 23.8 Å². The molecular weight excluding hydrogens is 332 g/mol. The van der Waals surface area contributed by atoms with Gasteiger partial charge in [0.1, 0.15) is 5.75 Å². The molecule has 0 saturated heterocycles. The molecule has 1 aromatic heterocycles. The lowest BCUT2D eigenvalue weighted by atomic mass is 10.1. The van der Waals surface area contributed by atoms with Gasteiger partial charge in [-0.3, -0.25) is 5.43 Å². The molecule has 0 spiro atoms. The van der Waals surface area contributed by atoms with Gasteiger partial charge in [0, 0.05) is 16.5 Å². The molecule has 0 aliphatic carbocycles. The van der Waals surface area contributed by atoms with E-state index in [1.165, 1.54) is 11.3 Å². The lowest BCUT2D eigenvalue weighted by molar-refractivity contribution is 0.411. The Morgan fingerprint density at radius 1 is 1.28 bits per heavy atom. The first-order valence-electron chi connectivity index (χ1n) is 7.64. The van der Waals surface area contributed by atoms with Crippen molar-refractivity contribution < 1.29 is 4.74 Å². The summed E-state index contributed by atoms with van der Waals surface area (Å²) in [5.74, 6) is 0.707. The Morgan fingerprint density at radius 3 is 2.88 bits per heavy atom. The van der Waals surface area contributed by atoms with Gasteiger partial charge >= 0.3 is 0 Å². The summed E-state index contributed by atoms with van der Waals surface area (Å²) in [4.78, 5) is 4.52. The molecule has 6 heteroatoms. The Bertz CT molecular complexity index is 913. The van der Waals surface area contributed by atoms with E-state index in [-0.39, 0.29) is 0 Å². The minimum absolute atomic E-state index is 0.297. The van der Waals surface area contributed by atoms with Gasteiger partial charge < -0.3 is 4.74 Å². The summed E-state index contributed by atoms with van der Waals surface area (Å²) in [5.41, 5.74) is 6.67. The van der Waals surface area contributed by atoms with E-state index in [2.05, 4.69) is 21.6 Å². The second-order valence-corrected chi connectivity index (χ2v) is 6.04. The lowest BCUT2D eigenvalue weighted by Crippen LogP contribution is -1.95. The van der Waals surface area contributed by atoms with Crippen molar-refractivity contribution in [2.24, 2.45) is 5.10 Å². The quantitative estimate of drug-likeness (QED) is 0.532. The number of anilines is 1. The van der Waals surface area contributed by atoms with Gasteiger partial charge in [0.05, 0.1) is 31.5 Å². The van der Waals surface area contributed by atoms with Crippen LogP contribution in [0.15, 0.2) is 59.0 Å². The Hall–Kier alpha value is -3.17. The molecule has 0 radical (unpaired) electrons. The molecule has 0 saturated carbocycles. The molecule has 1 N–H and O–H groups in total. The van der Waals surface area contributed by atoms with E-state index in [4.69, 9.17) is 10.00 Å². The van der Waals surface area contributed by atoms with Crippen molar-refractivity contribution in [2.75, 3.05) is 12.5 Å². The van der Waals surface area contributed by atoms with E-state index < -0.39 is 0 Å². The lowest BCUT2D eigenvalue weighted by Gasteiger charge is -2.06. The zero-order chi connectivity index (χ0) is 17.5. The molecule has 0 amide bonds. The fourth-order valence-corrected chi connectivity index (χ4v) is 3.00. The first-order valence-corrected chi connectivity index (χ1v) is 8.52. The number of ether oxygens (including phenoxy) is 1. The largest absolute Gasteiger partial charge is 0.496 e. The van der Waals surface area contributed by atoms with Gasteiger partial charge in [-0.1, -0.05) is 30.3 Å². The number of benzene rings is 2. The van der Waals surface area contributed by atoms with Crippen molar-refractivity contribution in [3.8, 4) is 23.1 Å². The average molecular weight is 348 g/mol. The zero-order valence-electron chi connectivity index (χ0n) is 13.6. The van der Waals surface area contributed by atoms with Gasteiger partial charge in [0.15, 0.2) is 0 Å². The van der Waals surface area contributed by atoms with E-state index in [0.717, 1.165) is 27.5 Å². The number of hydrazone groups is 1. The highest BCUT2D eigenvalue weighted by Crippen LogP contribution is 2.24. The number of nitrogens with zero attached hydrogens (tertiary/aromatic N) is 3. The number of hydrogen-bond donors (Lipinski definition) is 1. The summed E-state index contributed by atoms with van der Waals surface area (Å²) in [5, 5.41) is 15.8. The maximum Gasteiger partial charge on any atom is 0.203 e. The van der Waals surface area contributed by atoms with Crippen LogP contribution in [0.1, 0.15) is 11.1 Å². The maximum absolute atomic E-state index is 8.89. The Balaban J connectivity index is 1.69. The number of hydrogen-bond acceptors (Lipinski definition) is 6. The number of aromatic nitrogens is 1. The molecule has 3 rings (SSSR count). The molecule has 3 aromatic rings. The summed E-state index contributed by atoms with van der Waals surface area (Å²) >= 11 is 1.50. The molecule has 1 heterocycles. The van der Waals surface area contributed by atoms with Gasteiger partial charge in [-0.25, -0.2) is 4.98 Å². The van der Waals surface area contributed by atoms with E-state index in [0.29, 0.717) is 12.2 Å². The van der Waals surface area contributed by atoms with E-state index in [9.17, 15) is 0 Å². The topological polar surface area (TPSA) is 70.3 Å². The number of methoxy groups -OCH3 is 1. The minimum Gasteiger partial charge on any atom is -0.496 e. The highest BCUT2D eigenvalue weighted by molar-refractivity contribution is 7.14. The summed E-state index contributed by atoms with van der Waals surface area (Å²) in [6.45, 7) is 0. The van der Waals surface area contributed by atoms with Crippen molar-refractivity contribution >= 4 is 22.7 Å². The van der Waals surface area contributed by atoms with Crippen LogP contribution in [-0.4, -0.2) is 18.3 Å². The molecule has 5 nitrogen and oxygen atoms in total. The molecule has 0 aliphatic rings. The van der Waals surface area contributed by atoms with Crippen LogP contribution in [0.3, 0.4) is 0 Å². The fraction of sp³-hybridized carbons (Fsp3) is 0.105. The van der Waals surface area contributed by atoms with Gasteiger partial charge in [-0.2, -0.15) is 10.4 Å². The first kappa shape index (κ1) is 16.7. The van der Waals surface area contributed by atoms with Gasteiger partial charge in [0.2, 0.25) is 5.13 Å². The van der Waals surface area contributed by atoms with Crippen molar-refractivity contribution in [2.45, 2.75) is 6.42 Å². The molecular formula is C19H16N4OS. The van der Waals surface area contributed by atoms with Crippen molar-refractivity contribution in [3.63, 3.8) is 0 Å². The van der Waals surface area contributed by atoms with Crippen LogP contribution in [0.2, 0.25) is 0 Å². The highest BCUT2D eigenvalue weighted by atomic mass is 32.1. The predicted molar refractivity (Wildman–Crippen MR) is 101 cm³/mol. The Morgan fingerprint density at radius 2 is 2.12 bits per heavy atom. The number of thiazole rings is 1. The van der Waals surface area contributed by atoms with Crippen LogP contribution in [0.4, 0.5) is 5.13 Å². The van der Waals surface area contributed by atoms with Crippen molar-refractivity contribution in [3.05, 3.63) is 65.0 Å². The summed E-state index contributed by atoms with van der Waals surface area (Å²) < 4.78 is 5.25. The average Bonchev–Trinajstić information content (AvgIpc) is 3.12.